The summed E-state index contributed by atoms with van der Waals surface area (Å²) >= 11 is 5.68. The number of rotatable bonds is 2. The van der Waals surface area contributed by atoms with Crippen molar-refractivity contribution < 1.29 is 4.39 Å². The van der Waals surface area contributed by atoms with Crippen molar-refractivity contribution >= 4 is 34.9 Å². The van der Waals surface area contributed by atoms with Gasteiger partial charge in [-0.2, -0.15) is 0 Å². The molecule has 0 aliphatic carbocycles. The van der Waals surface area contributed by atoms with Gasteiger partial charge in [-0.1, -0.05) is 11.6 Å². The van der Waals surface area contributed by atoms with Gasteiger partial charge in [0.2, 0.25) is 0 Å². The summed E-state index contributed by atoms with van der Waals surface area (Å²) in [5, 5.41) is 0.992. The number of hydrogen-bond acceptors (Lipinski definition) is 1. The first-order chi connectivity index (χ1) is 7.08. The molecule has 0 bridgehead atoms. The van der Waals surface area contributed by atoms with Gasteiger partial charge in [0.1, 0.15) is 5.82 Å². The number of aromatic nitrogens is 1. The van der Waals surface area contributed by atoms with E-state index in [1.54, 1.807) is 6.07 Å². The third-order valence-electron chi connectivity index (χ3n) is 2.35. The van der Waals surface area contributed by atoms with Crippen molar-refractivity contribution in [3.05, 3.63) is 34.7 Å². The molecule has 0 unspecified atom stereocenters. The second-order valence-corrected chi connectivity index (χ2v) is 4.21. The number of fused-ring (bicyclic) bond motifs is 1. The van der Waals surface area contributed by atoms with E-state index in [4.69, 9.17) is 17.3 Å². The summed E-state index contributed by atoms with van der Waals surface area (Å²) < 4.78 is 13.3. The Morgan fingerprint density at radius 3 is 2.81 bits per heavy atom. The third kappa shape index (κ3) is 2.48. The number of aromatic amines is 1. The summed E-state index contributed by atoms with van der Waals surface area (Å²) in [6, 6.07) is 3.10. The van der Waals surface area contributed by atoms with Gasteiger partial charge in [0.25, 0.3) is 0 Å². The lowest BCUT2D eigenvalue weighted by Crippen LogP contribution is -2.17. The van der Waals surface area contributed by atoms with Crippen LogP contribution in [0.15, 0.2) is 18.3 Å². The van der Waals surface area contributed by atoms with Gasteiger partial charge in [0.15, 0.2) is 0 Å². The van der Waals surface area contributed by atoms with Crippen LogP contribution in [0.4, 0.5) is 4.39 Å². The minimum atomic E-state index is -0.394. The fourth-order valence-electron chi connectivity index (χ4n) is 1.69. The molecule has 0 saturated heterocycles. The Labute approximate surface area is 104 Å². The largest absolute Gasteiger partial charge is 0.361 e. The molecule has 2 nitrogen and oxygen atoms in total. The summed E-state index contributed by atoms with van der Waals surface area (Å²) in [6.45, 7) is 1.92. The van der Waals surface area contributed by atoms with Gasteiger partial charge < -0.3 is 10.7 Å². The van der Waals surface area contributed by atoms with E-state index in [1.807, 2.05) is 13.1 Å². The maximum atomic E-state index is 13.3. The van der Waals surface area contributed by atoms with Crippen LogP contribution in [0.2, 0.25) is 5.02 Å². The molecule has 0 amide bonds. The van der Waals surface area contributed by atoms with E-state index in [-0.39, 0.29) is 23.5 Å². The number of hydrogen-bond donors (Lipinski definition) is 2. The van der Waals surface area contributed by atoms with Crippen molar-refractivity contribution in [2.45, 2.75) is 19.4 Å². The number of nitrogens with one attached hydrogen (secondary N) is 1. The van der Waals surface area contributed by atoms with E-state index in [0.717, 1.165) is 22.9 Å². The number of H-pyrrole nitrogens is 1. The average Bonchev–Trinajstić information content (AvgIpc) is 2.49. The standard InChI is InChI=1S/C11H12ClFN2.ClH/c1-6(14)2-7-5-15-11-4-9(12)10(13)3-8(7)11;/h3-6,15H,2,14H2,1H3;1H/t6-;/m0./s1. The molecular formula is C11H13Cl2FN2. The second kappa shape index (κ2) is 5.04. The molecule has 0 spiro atoms. The van der Waals surface area contributed by atoms with E-state index in [0.29, 0.717) is 0 Å². The zero-order valence-corrected chi connectivity index (χ0v) is 10.3. The molecule has 0 aliphatic heterocycles. The maximum Gasteiger partial charge on any atom is 0.142 e. The molecular weight excluding hydrogens is 250 g/mol. The van der Waals surface area contributed by atoms with Crippen LogP contribution in [-0.2, 0) is 6.42 Å². The Morgan fingerprint density at radius 1 is 1.50 bits per heavy atom. The van der Waals surface area contributed by atoms with Crippen molar-refractivity contribution in [3.63, 3.8) is 0 Å². The molecule has 0 radical (unpaired) electrons. The van der Waals surface area contributed by atoms with Crippen molar-refractivity contribution in [2.24, 2.45) is 5.73 Å². The van der Waals surface area contributed by atoms with Gasteiger partial charge in [0.05, 0.1) is 5.02 Å². The molecule has 1 aromatic carbocycles. The molecule has 2 aromatic rings. The molecule has 1 aromatic heterocycles. The Morgan fingerprint density at radius 2 is 2.19 bits per heavy atom. The molecule has 16 heavy (non-hydrogen) atoms. The van der Waals surface area contributed by atoms with Crippen LogP contribution in [0.5, 0.6) is 0 Å². The van der Waals surface area contributed by atoms with Crippen LogP contribution in [0.1, 0.15) is 12.5 Å². The minimum Gasteiger partial charge on any atom is -0.361 e. The van der Waals surface area contributed by atoms with Crippen molar-refractivity contribution in [1.29, 1.82) is 0 Å². The van der Waals surface area contributed by atoms with E-state index >= 15 is 0 Å². The van der Waals surface area contributed by atoms with Gasteiger partial charge in [-0.15, -0.1) is 12.4 Å². The fourth-order valence-corrected chi connectivity index (χ4v) is 1.85. The summed E-state index contributed by atoms with van der Waals surface area (Å²) in [6.07, 6.45) is 2.57. The van der Waals surface area contributed by atoms with Crippen LogP contribution < -0.4 is 5.73 Å². The molecule has 1 atom stereocenters. The average molecular weight is 263 g/mol. The number of nitrogens with two attached hydrogens (primary N) is 1. The van der Waals surface area contributed by atoms with Crippen molar-refractivity contribution in [3.8, 4) is 0 Å². The lowest BCUT2D eigenvalue weighted by Gasteiger charge is -2.03. The predicted molar refractivity (Wildman–Crippen MR) is 67.9 cm³/mol. The molecule has 1 heterocycles. The topological polar surface area (TPSA) is 41.8 Å². The van der Waals surface area contributed by atoms with Gasteiger partial charge in [-0.3, -0.25) is 0 Å². The summed E-state index contributed by atoms with van der Waals surface area (Å²) in [5.41, 5.74) is 7.58. The van der Waals surface area contributed by atoms with Gasteiger partial charge in [-0.05, 0) is 31.0 Å². The van der Waals surface area contributed by atoms with Crippen LogP contribution >= 0.6 is 24.0 Å². The third-order valence-corrected chi connectivity index (χ3v) is 2.64. The minimum absolute atomic E-state index is 0. The zero-order valence-electron chi connectivity index (χ0n) is 8.76. The maximum absolute atomic E-state index is 13.3. The highest BCUT2D eigenvalue weighted by molar-refractivity contribution is 6.31. The van der Waals surface area contributed by atoms with E-state index < -0.39 is 5.82 Å². The smallest absolute Gasteiger partial charge is 0.142 e. The monoisotopic (exact) mass is 262 g/mol. The highest BCUT2D eigenvalue weighted by Crippen LogP contribution is 2.25. The molecule has 5 heteroatoms. The van der Waals surface area contributed by atoms with Crippen molar-refractivity contribution in [2.75, 3.05) is 0 Å². The first kappa shape index (κ1) is 13.3. The highest BCUT2D eigenvalue weighted by Gasteiger charge is 2.09. The van der Waals surface area contributed by atoms with E-state index in [9.17, 15) is 4.39 Å². The molecule has 3 N–H and O–H groups in total. The molecule has 88 valence electrons. The molecule has 0 saturated carbocycles. The zero-order chi connectivity index (χ0) is 11.0. The fraction of sp³-hybridized carbons (Fsp3) is 0.273. The van der Waals surface area contributed by atoms with Gasteiger partial charge >= 0.3 is 0 Å². The summed E-state index contributed by atoms with van der Waals surface area (Å²) in [5.74, 6) is -0.394. The number of benzene rings is 1. The first-order valence-corrected chi connectivity index (χ1v) is 5.16. The Bertz CT molecular complexity index is 494. The normalized spacial score (nSPS) is 12.5. The van der Waals surface area contributed by atoms with Crippen LogP contribution in [0.25, 0.3) is 10.9 Å². The molecule has 2 rings (SSSR count). The van der Waals surface area contributed by atoms with Crippen LogP contribution in [0, 0.1) is 5.82 Å². The first-order valence-electron chi connectivity index (χ1n) is 4.78. The Balaban J connectivity index is 0.00000128. The van der Waals surface area contributed by atoms with Gasteiger partial charge in [-0.25, -0.2) is 4.39 Å². The number of halogens is 3. The lowest BCUT2D eigenvalue weighted by molar-refractivity contribution is 0.630. The Hall–Kier alpha value is -0.770. The predicted octanol–water partition coefficient (Wildman–Crippen LogP) is 3.27. The quantitative estimate of drug-likeness (QED) is 0.857. The SMILES string of the molecule is C[C@H](N)Cc1c[nH]c2cc(Cl)c(F)cc12.Cl. The van der Waals surface area contributed by atoms with E-state index in [1.165, 1.54) is 6.07 Å². The van der Waals surface area contributed by atoms with Crippen LogP contribution in [-0.4, -0.2) is 11.0 Å². The summed E-state index contributed by atoms with van der Waals surface area (Å²) in [4.78, 5) is 3.05. The van der Waals surface area contributed by atoms with E-state index in [2.05, 4.69) is 4.98 Å². The summed E-state index contributed by atoms with van der Waals surface area (Å²) in [7, 11) is 0. The lowest BCUT2D eigenvalue weighted by atomic mass is 10.1. The Kier molecular flexibility index (Phi) is 4.19. The molecule has 0 fully saturated rings. The second-order valence-electron chi connectivity index (χ2n) is 3.81. The van der Waals surface area contributed by atoms with Gasteiger partial charge in [0, 0.05) is 23.1 Å². The van der Waals surface area contributed by atoms with Crippen LogP contribution in [0.3, 0.4) is 0 Å². The molecule has 0 aliphatic rings. The highest BCUT2D eigenvalue weighted by atomic mass is 35.5. The van der Waals surface area contributed by atoms with Crippen molar-refractivity contribution in [1.82, 2.24) is 4.98 Å².